The van der Waals surface area contributed by atoms with Gasteiger partial charge in [-0.1, -0.05) is 23.4 Å². The number of aryl methyl sites for hydroxylation is 2. The minimum absolute atomic E-state index is 0.0634. The highest BCUT2D eigenvalue weighted by molar-refractivity contribution is 7.99. The number of thiophene rings is 1. The average molecular weight is 406 g/mol. The molecule has 3 aromatic rings. The summed E-state index contributed by atoms with van der Waals surface area (Å²) in [5.74, 6) is 6.07. The van der Waals surface area contributed by atoms with Gasteiger partial charge in [0, 0.05) is 15.5 Å². The molecule has 0 fully saturated rings. The highest BCUT2D eigenvalue weighted by Crippen LogP contribution is 2.34. The third-order valence-electron chi connectivity index (χ3n) is 4.49. The van der Waals surface area contributed by atoms with Crippen molar-refractivity contribution in [1.82, 2.24) is 9.66 Å². The molecule has 5 nitrogen and oxygen atoms in total. The van der Waals surface area contributed by atoms with Crippen LogP contribution in [0.3, 0.4) is 0 Å². The fraction of sp³-hybridized carbons (Fsp3) is 0.278. The molecule has 1 aliphatic carbocycles. The summed E-state index contributed by atoms with van der Waals surface area (Å²) in [6.07, 6.45) is 4.15. The molecule has 0 unspecified atom stereocenters. The Morgan fingerprint density at radius 1 is 1.27 bits per heavy atom. The van der Waals surface area contributed by atoms with Crippen LogP contribution in [-0.2, 0) is 12.8 Å². The first-order valence-electron chi connectivity index (χ1n) is 8.28. The van der Waals surface area contributed by atoms with Crippen LogP contribution in [-0.4, -0.2) is 21.2 Å². The predicted molar refractivity (Wildman–Crippen MR) is 107 cm³/mol. The average Bonchev–Trinajstić information content (AvgIpc) is 3.02. The largest absolute Gasteiger partial charge is 0.334 e. The second kappa shape index (κ2) is 7.06. The van der Waals surface area contributed by atoms with Crippen molar-refractivity contribution < 1.29 is 4.79 Å². The Hall–Kier alpha value is -1.83. The summed E-state index contributed by atoms with van der Waals surface area (Å²) in [5.41, 5.74) is 1.46. The van der Waals surface area contributed by atoms with Crippen molar-refractivity contribution in [1.29, 1.82) is 0 Å². The molecular weight excluding hydrogens is 390 g/mol. The van der Waals surface area contributed by atoms with Gasteiger partial charge < -0.3 is 5.84 Å². The Labute approximate surface area is 163 Å². The number of Topliss-reactive ketones (excluding diaryl/α,β-unsaturated/α-hetero) is 1. The standard InChI is InChI=1S/C18H16ClN3O2S2/c19-11-7-5-10(6-8-11)13(23)9-25-18-21-16-15(17(24)22(18)20)12-3-1-2-4-14(12)26-16/h5-8H,1-4,9,20H2. The highest BCUT2D eigenvalue weighted by Gasteiger charge is 2.22. The van der Waals surface area contributed by atoms with E-state index in [-0.39, 0.29) is 17.1 Å². The van der Waals surface area contributed by atoms with E-state index in [2.05, 4.69) is 4.98 Å². The van der Waals surface area contributed by atoms with Crippen molar-refractivity contribution in [3.05, 3.63) is 55.6 Å². The van der Waals surface area contributed by atoms with Crippen molar-refractivity contribution in [3.63, 3.8) is 0 Å². The molecular formula is C18H16ClN3O2S2. The van der Waals surface area contributed by atoms with Crippen LogP contribution in [0.2, 0.25) is 5.02 Å². The van der Waals surface area contributed by atoms with E-state index in [0.717, 1.165) is 40.8 Å². The van der Waals surface area contributed by atoms with Crippen LogP contribution < -0.4 is 11.4 Å². The molecule has 2 aromatic heterocycles. The van der Waals surface area contributed by atoms with Crippen molar-refractivity contribution in [3.8, 4) is 0 Å². The van der Waals surface area contributed by atoms with Crippen molar-refractivity contribution in [2.24, 2.45) is 0 Å². The molecule has 0 saturated carbocycles. The van der Waals surface area contributed by atoms with E-state index in [4.69, 9.17) is 17.4 Å². The smallest absolute Gasteiger partial charge is 0.281 e. The number of ketones is 1. The van der Waals surface area contributed by atoms with Crippen LogP contribution in [0.25, 0.3) is 10.2 Å². The van der Waals surface area contributed by atoms with Crippen LogP contribution in [0.4, 0.5) is 0 Å². The fourth-order valence-electron chi connectivity index (χ4n) is 3.15. The number of fused-ring (bicyclic) bond motifs is 3. The topological polar surface area (TPSA) is 78.0 Å². The summed E-state index contributed by atoms with van der Waals surface area (Å²) in [5, 5.41) is 1.60. The molecule has 0 amide bonds. The van der Waals surface area contributed by atoms with E-state index >= 15 is 0 Å². The number of hydrogen-bond acceptors (Lipinski definition) is 6. The summed E-state index contributed by atoms with van der Waals surface area (Å²) in [7, 11) is 0. The van der Waals surface area contributed by atoms with E-state index in [9.17, 15) is 9.59 Å². The Balaban J connectivity index is 1.62. The van der Waals surface area contributed by atoms with Gasteiger partial charge in [-0.15, -0.1) is 11.3 Å². The molecule has 4 rings (SSSR count). The Morgan fingerprint density at radius 2 is 2.00 bits per heavy atom. The van der Waals surface area contributed by atoms with Crippen molar-refractivity contribution in [2.45, 2.75) is 30.8 Å². The predicted octanol–water partition coefficient (Wildman–Crippen LogP) is 3.68. The number of nitrogen functional groups attached to an aromatic ring is 1. The maximum Gasteiger partial charge on any atom is 0.281 e. The lowest BCUT2D eigenvalue weighted by Gasteiger charge is -2.10. The second-order valence-corrected chi connectivity index (χ2v) is 8.64. The number of thioether (sulfide) groups is 1. The molecule has 26 heavy (non-hydrogen) atoms. The zero-order valence-corrected chi connectivity index (χ0v) is 16.2. The molecule has 2 heterocycles. The zero-order valence-electron chi connectivity index (χ0n) is 13.8. The van der Waals surface area contributed by atoms with Gasteiger partial charge in [-0.05, 0) is 55.5 Å². The van der Waals surface area contributed by atoms with Gasteiger partial charge >= 0.3 is 0 Å². The molecule has 0 aliphatic heterocycles. The molecule has 0 radical (unpaired) electrons. The first-order chi connectivity index (χ1) is 12.5. The van der Waals surface area contributed by atoms with Crippen LogP contribution >= 0.6 is 34.7 Å². The summed E-state index contributed by atoms with van der Waals surface area (Å²) in [6.45, 7) is 0. The van der Waals surface area contributed by atoms with E-state index in [1.165, 1.54) is 16.6 Å². The van der Waals surface area contributed by atoms with Crippen LogP contribution in [0.1, 0.15) is 33.6 Å². The molecule has 1 aliphatic rings. The maximum atomic E-state index is 12.7. The third-order valence-corrected chi connectivity index (χ3v) is 6.88. The first-order valence-corrected chi connectivity index (χ1v) is 10.5. The van der Waals surface area contributed by atoms with Crippen LogP contribution in [0, 0.1) is 0 Å². The molecule has 0 atom stereocenters. The quantitative estimate of drug-likeness (QED) is 0.310. The zero-order chi connectivity index (χ0) is 18.3. The van der Waals surface area contributed by atoms with Gasteiger partial charge in [0.25, 0.3) is 5.56 Å². The molecule has 0 saturated heterocycles. The second-order valence-electron chi connectivity index (χ2n) is 6.18. The van der Waals surface area contributed by atoms with Gasteiger partial charge in [0.05, 0.1) is 11.1 Å². The van der Waals surface area contributed by atoms with E-state index in [1.54, 1.807) is 35.6 Å². The van der Waals surface area contributed by atoms with Gasteiger partial charge in [0.2, 0.25) is 0 Å². The number of rotatable bonds is 4. The summed E-state index contributed by atoms with van der Waals surface area (Å²) in [6, 6.07) is 6.73. The molecule has 1 aromatic carbocycles. The summed E-state index contributed by atoms with van der Waals surface area (Å²) in [4.78, 5) is 31.6. The monoisotopic (exact) mass is 405 g/mol. The third kappa shape index (κ3) is 3.15. The minimum Gasteiger partial charge on any atom is -0.334 e. The summed E-state index contributed by atoms with van der Waals surface area (Å²) >= 11 is 8.60. The first kappa shape index (κ1) is 17.6. The van der Waals surface area contributed by atoms with E-state index < -0.39 is 0 Å². The maximum absolute atomic E-state index is 12.7. The van der Waals surface area contributed by atoms with Gasteiger partial charge in [-0.2, -0.15) is 0 Å². The van der Waals surface area contributed by atoms with E-state index in [1.807, 2.05) is 0 Å². The van der Waals surface area contributed by atoms with E-state index in [0.29, 0.717) is 21.1 Å². The van der Waals surface area contributed by atoms with Gasteiger partial charge in [0.1, 0.15) is 4.83 Å². The Bertz CT molecular complexity index is 1060. The number of aromatic nitrogens is 2. The number of hydrogen-bond donors (Lipinski definition) is 1. The van der Waals surface area contributed by atoms with Gasteiger partial charge in [0.15, 0.2) is 10.9 Å². The van der Waals surface area contributed by atoms with Gasteiger partial charge in [-0.3, -0.25) is 9.59 Å². The fourth-order valence-corrected chi connectivity index (χ4v) is 5.39. The number of benzene rings is 1. The lowest BCUT2D eigenvalue weighted by molar-refractivity contribution is 0.102. The van der Waals surface area contributed by atoms with Crippen molar-refractivity contribution in [2.75, 3.05) is 11.6 Å². The SMILES string of the molecule is Nn1c(SCC(=O)c2ccc(Cl)cc2)nc2sc3c(c2c1=O)CCCC3. The van der Waals surface area contributed by atoms with Crippen molar-refractivity contribution >= 4 is 50.7 Å². The lowest BCUT2D eigenvalue weighted by atomic mass is 9.97. The van der Waals surface area contributed by atoms with Crippen LogP contribution in [0.15, 0.2) is 34.2 Å². The molecule has 2 N–H and O–H groups in total. The number of carbonyl (C=O) groups is 1. The Morgan fingerprint density at radius 3 is 2.77 bits per heavy atom. The number of carbonyl (C=O) groups excluding carboxylic acids is 1. The number of halogens is 1. The molecule has 8 heteroatoms. The molecule has 0 bridgehead atoms. The lowest BCUT2D eigenvalue weighted by Crippen LogP contribution is -2.30. The van der Waals surface area contributed by atoms with Gasteiger partial charge in [-0.25, -0.2) is 9.66 Å². The molecule has 0 spiro atoms. The number of nitrogens with two attached hydrogens (primary N) is 1. The minimum atomic E-state index is -0.226. The molecule has 134 valence electrons. The summed E-state index contributed by atoms with van der Waals surface area (Å²) < 4.78 is 1.07. The Kier molecular flexibility index (Phi) is 4.77. The van der Waals surface area contributed by atoms with Crippen LogP contribution in [0.5, 0.6) is 0 Å². The number of nitrogens with zero attached hydrogens (tertiary/aromatic N) is 2. The normalized spacial score (nSPS) is 13.7. The highest BCUT2D eigenvalue weighted by atomic mass is 35.5.